The monoisotopic (exact) mass is 298 g/mol. The lowest BCUT2D eigenvalue weighted by molar-refractivity contribution is -0.0559. The third-order valence-corrected chi connectivity index (χ3v) is 3.44. The standard InChI is InChI=1S/C12H15BrN2O2/c1-9-7-15(8-11(6-13)17-9)12(16)10-2-4-14-5-3-10/h2-5,9,11H,6-8H2,1H3. The van der Waals surface area contributed by atoms with Crippen molar-refractivity contribution in [3.8, 4) is 0 Å². The zero-order valence-electron chi connectivity index (χ0n) is 9.67. The van der Waals surface area contributed by atoms with E-state index < -0.39 is 0 Å². The van der Waals surface area contributed by atoms with Crippen LogP contribution >= 0.6 is 15.9 Å². The average Bonchev–Trinajstić information content (AvgIpc) is 2.38. The molecular formula is C12H15BrN2O2. The van der Waals surface area contributed by atoms with E-state index in [1.807, 2.05) is 11.8 Å². The van der Waals surface area contributed by atoms with Gasteiger partial charge in [-0.2, -0.15) is 0 Å². The van der Waals surface area contributed by atoms with E-state index in [0.29, 0.717) is 18.7 Å². The van der Waals surface area contributed by atoms with Crippen molar-refractivity contribution in [3.05, 3.63) is 30.1 Å². The van der Waals surface area contributed by atoms with Gasteiger partial charge in [0.1, 0.15) is 0 Å². The minimum absolute atomic E-state index is 0.0495. The molecule has 2 unspecified atom stereocenters. The third-order valence-electron chi connectivity index (χ3n) is 2.71. The maximum absolute atomic E-state index is 12.2. The van der Waals surface area contributed by atoms with Crippen LogP contribution in [-0.4, -0.2) is 46.4 Å². The Morgan fingerprint density at radius 3 is 2.88 bits per heavy atom. The molecule has 0 spiro atoms. The topological polar surface area (TPSA) is 42.4 Å². The molecule has 2 heterocycles. The van der Waals surface area contributed by atoms with Crippen LogP contribution in [-0.2, 0) is 4.74 Å². The van der Waals surface area contributed by atoms with E-state index in [4.69, 9.17) is 4.74 Å². The van der Waals surface area contributed by atoms with Crippen LogP contribution in [0.15, 0.2) is 24.5 Å². The van der Waals surface area contributed by atoms with Crippen LogP contribution < -0.4 is 0 Å². The predicted molar refractivity (Wildman–Crippen MR) is 68.3 cm³/mol. The van der Waals surface area contributed by atoms with E-state index in [1.165, 1.54) is 0 Å². The van der Waals surface area contributed by atoms with Crippen LogP contribution in [0.25, 0.3) is 0 Å². The van der Waals surface area contributed by atoms with Crippen molar-refractivity contribution in [3.63, 3.8) is 0 Å². The molecule has 2 rings (SSSR count). The van der Waals surface area contributed by atoms with Crippen molar-refractivity contribution in [2.75, 3.05) is 18.4 Å². The van der Waals surface area contributed by atoms with Gasteiger partial charge in [-0.25, -0.2) is 0 Å². The Morgan fingerprint density at radius 1 is 1.53 bits per heavy atom. The number of morpholine rings is 1. The molecule has 4 nitrogen and oxygen atoms in total. The zero-order valence-corrected chi connectivity index (χ0v) is 11.3. The average molecular weight is 299 g/mol. The Hall–Kier alpha value is -0.940. The first-order valence-electron chi connectivity index (χ1n) is 5.61. The summed E-state index contributed by atoms with van der Waals surface area (Å²) in [5.74, 6) is 0.0495. The second-order valence-electron chi connectivity index (χ2n) is 4.17. The maximum Gasteiger partial charge on any atom is 0.254 e. The largest absolute Gasteiger partial charge is 0.371 e. The molecule has 1 aromatic heterocycles. The Kier molecular flexibility index (Phi) is 4.12. The van der Waals surface area contributed by atoms with Gasteiger partial charge in [-0.05, 0) is 19.1 Å². The van der Waals surface area contributed by atoms with Gasteiger partial charge in [-0.1, -0.05) is 15.9 Å². The molecule has 0 N–H and O–H groups in total. The fraction of sp³-hybridized carbons (Fsp3) is 0.500. The first-order valence-corrected chi connectivity index (χ1v) is 6.73. The Labute approximate surface area is 109 Å². The first kappa shape index (κ1) is 12.5. The van der Waals surface area contributed by atoms with Crippen LogP contribution in [0.4, 0.5) is 0 Å². The summed E-state index contributed by atoms with van der Waals surface area (Å²) in [7, 11) is 0. The van der Waals surface area contributed by atoms with E-state index in [-0.39, 0.29) is 18.1 Å². The van der Waals surface area contributed by atoms with Gasteiger partial charge in [-0.3, -0.25) is 9.78 Å². The van der Waals surface area contributed by atoms with Gasteiger partial charge >= 0.3 is 0 Å². The molecule has 92 valence electrons. The van der Waals surface area contributed by atoms with Crippen molar-refractivity contribution in [1.82, 2.24) is 9.88 Å². The maximum atomic E-state index is 12.2. The Balaban J connectivity index is 2.09. The number of ether oxygens (including phenoxy) is 1. The summed E-state index contributed by atoms with van der Waals surface area (Å²) in [5.41, 5.74) is 0.683. The number of hydrogen-bond acceptors (Lipinski definition) is 3. The van der Waals surface area contributed by atoms with Gasteiger partial charge in [0.25, 0.3) is 5.91 Å². The molecule has 5 heteroatoms. The van der Waals surface area contributed by atoms with Crippen LogP contribution in [0.5, 0.6) is 0 Å². The molecule has 2 atom stereocenters. The van der Waals surface area contributed by atoms with Crippen molar-refractivity contribution >= 4 is 21.8 Å². The molecule has 0 aromatic carbocycles. The number of hydrogen-bond donors (Lipinski definition) is 0. The lowest BCUT2D eigenvalue weighted by Gasteiger charge is -2.36. The van der Waals surface area contributed by atoms with Gasteiger partial charge in [-0.15, -0.1) is 0 Å². The number of rotatable bonds is 2. The molecule has 1 fully saturated rings. The van der Waals surface area contributed by atoms with Crippen LogP contribution in [0.3, 0.4) is 0 Å². The van der Waals surface area contributed by atoms with Gasteiger partial charge in [0.15, 0.2) is 0 Å². The van der Waals surface area contributed by atoms with Gasteiger partial charge in [0.05, 0.1) is 12.2 Å². The van der Waals surface area contributed by atoms with Crippen LogP contribution in [0.2, 0.25) is 0 Å². The molecular weight excluding hydrogens is 284 g/mol. The Bertz CT molecular complexity index is 385. The highest BCUT2D eigenvalue weighted by Crippen LogP contribution is 2.15. The lowest BCUT2D eigenvalue weighted by Crippen LogP contribution is -2.49. The van der Waals surface area contributed by atoms with E-state index in [9.17, 15) is 4.79 Å². The number of nitrogens with zero attached hydrogens (tertiary/aromatic N) is 2. The molecule has 0 bridgehead atoms. The number of alkyl halides is 1. The SMILES string of the molecule is CC1CN(C(=O)c2ccncc2)CC(CBr)O1. The number of aromatic nitrogens is 1. The fourth-order valence-corrected chi connectivity index (χ4v) is 2.33. The van der Waals surface area contributed by atoms with E-state index in [0.717, 1.165) is 5.33 Å². The van der Waals surface area contributed by atoms with E-state index >= 15 is 0 Å². The predicted octanol–water partition coefficient (Wildman–Crippen LogP) is 1.71. The van der Waals surface area contributed by atoms with Gasteiger partial charge < -0.3 is 9.64 Å². The van der Waals surface area contributed by atoms with E-state index in [1.54, 1.807) is 24.5 Å². The van der Waals surface area contributed by atoms with Crippen molar-refractivity contribution in [2.24, 2.45) is 0 Å². The number of amides is 1. The quantitative estimate of drug-likeness (QED) is 0.781. The molecule has 1 aliphatic rings. The molecule has 1 amide bonds. The minimum Gasteiger partial charge on any atom is -0.371 e. The third kappa shape index (κ3) is 3.04. The molecule has 0 saturated carbocycles. The first-order chi connectivity index (χ1) is 8.20. The summed E-state index contributed by atoms with van der Waals surface area (Å²) in [6.45, 7) is 3.27. The molecule has 1 saturated heterocycles. The molecule has 0 radical (unpaired) electrons. The van der Waals surface area contributed by atoms with Gasteiger partial charge in [0, 0.05) is 36.4 Å². The van der Waals surface area contributed by atoms with Gasteiger partial charge in [0.2, 0.25) is 0 Å². The Morgan fingerprint density at radius 2 is 2.24 bits per heavy atom. The summed E-state index contributed by atoms with van der Waals surface area (Å²) < 4.78 is 5.70. The highest BCUT2D eigenvalue weighted by Gasteiger charge is 2.28. The van der Waals surface area contributed by atoms with Crippen molar-refractivity contribution in [1.29, 1.82) is 0 Å². The smallest absolute Gasteiger partial charge is 0.254 e. The van der Waals surface area contributed by atoms with Crippen LogP contribution in [0.1, 0.15) is 17.3 Å². The number of carbonyl (C=O) groups is 1. The zero-order chi connectivity index (χ0) is 12.3. The summed E-state index contributed by atoms with van der Waals surface area (Å²) in [6.07, 6.45) is 3.43. The summed E-state index contributed by atoms with van der Waals surface area (Å²) in [4.78, 5) is 18.0. The molecule has 1 aliphatic heterocycles. The highest BCUT2D eigenvalue weighted by molar-refractivity contribution is 9.09. The van der Waals surface area contributed by atoms with Crippen LogP contribution in [0, 0.1) is 0 Å². The summed E-state index contributed by atoms with van der Waals surface area (Å²) in [5, 5.41) is 0.747. The normalized spacial score (nSPS) is 24.7. The minimum atomic E-state index is 0.0495. The number of carbonyl (C=O) groups excluding carboxylic acids is 1. The number of pyridine rings is 1. The van der Waals surface area contributed by atoms with Crippen molar-refractivity contribution < 1.29 is 9.53 Å². The fourth-order valence-electron chi connectivity index (χ4n) is 1.97. The molecule has 1 aromatic rings. The summed E-state index contributed by atoms with van der Waals surface area (Å²) >= 11 is 3.40. The molecule has 17 heavy (non-hydrogen) atoms. The summed E-state index contributed by atoms with van der Waals surface area (Å²) in [6, 6.07) is 3.48. The molecule has 0 aliphatic carbocycles. The van der Waals surface area contributed by atoms with E-state index in [2.05, 4.69) is 20.9 Å². The number of halogens is 1. The second kappa shape index (κ2) is 5.60. The lowest BCUT2D eigenvalue weighted by atomic mass is 10.2. The highest BCUT2D eigenvalue weighted by atomic mass is 79.9. The van der Waals surface area contributed by atoms with Crippen molar-refractivity contribution in [2.45, 2.75) is 19.1 Å². The second-order valence-corrected chi connectivity index (χ2v) is 4.82.